The van der Waals surface area contributed by atoms with E-state index in [1.165, 1.54) is 18.3 Å². The second-order valence-corrected chi connectivity index (χ2v) is 4.87. The van der Waals surface area contributed by atoms with Gasteiger partial charge in [-0.2, -0.15) is 0 Å². The zero-order valence-electron chi connectivity index (χ0n) is 10.3. The van der Waals surface area contributed by atoms with E-state index in [0.29, 0.717) is 28.1 Å². The highest BCUT2D eigenvalue weighted by Gasteiger charge is 2.08. The lowest BCUT2D eigenvalue weighted by molar-refractivity contribution is 0.169. The summed E-state index contributed by atoms with van der Waals surface area (Å²) in [4.78, 5) is 4.11. The third-order valence-corrected chi connectivity index (χ3v) is 3.26. The van der Waals surface area contributed by atoms with E-state index in [9.17, 15) is 9.50 Å². The van der Waals surface area contributed by atoms with Gasteiger partial charge in [-0.05, 0) is 46.6 Å². The minimum absolute atomic E-state index is 0.371. The van der Waals surface area contributed by atoms with Crippen molar-refractivity contribution in [1.29, 1.82) is 0 Å². The van der Waals surface area contributed by atoms with Crippen LogP contribution in [0.3, 0.4) is 0 Å². The van der Waals surface area contributed by atoms with Crippen molar-refractivity contribution in [2.24, 2.45) is 0 Å². The SMILES string of the molecule is CC[C@H](O)c1ccc(Oc2cc(F)ccc2Br)cn1. The number of aliphatic hydroxyl groups excluding tert-OH is 1. The van der Waals surface area contributed by atoms with E-state index in [1.807, 2.05) is 6.92 Å². The van der Waals surface area contributed by atoms with Gasteiger partial charge in [-0.3, -0.25) is 4.98 Å². The lowest BCUT2D eigenvalue weighted by Gasteiger charge is -2.10. The second-order valence-electron chi connectivity index (χ2n) is 4.02. The maximum Gasteiger partial charge on any atom is 0.145 e. The number of benzene rings is 1. The Balaban J connectivity index is 2.17. The Morgan fingerprint density at radius 3 is 2.79 bits per heavy atom. The molecule has 19 heavy (non-hydrogen) atoms. The molecule has 0 aliphatic carbocycles. The molecule has 2 rings (SSSR count). The first-order valence-corrected chi connectivity index (χ1v) is 6.66. The molecule has 1 atom stereocenters. The van der Waals surface area contributed by atoms with Gasteiger partial charge in [0.05, 0.1) is 22.5 Å². The highest BCUT2D eigenvalue weighted by atomic mass is 79.9. The minimum Gasteiger partial charge on any atom is -0.454 e. The molecule has 1 N–H and O–H groups in total. The summed E-state index contributed by atoms with van der Waals surface area (Å²) in [6, 6.07) is 7.59. The van der Waals surface area contributed by atoms with E-state index < -0.39 is 6.10 Å². The summed E-state index contributed by atoms with van der Waals surface area (Å²) in [5.41, 5.74) is 0.591. The molecular weight excluding hydrogens is 313 g/mol. The number of rotatable bonds is 4. The van der Waals surface area contributed by atoms with Crippen molar-refractivity contribution in [2.45, 2.75) is 19.4 Å². The third-order valence-electron chi connectivity index (χ3n) is 2.61. The fourth-order valence-corrected chi connectivity index (χ4v) is 1.87. The summed E-state index contributed by atoms with van der Waals surface area (Å²) >= 11 is 3.28. The predicted molar refractivity (Wildman–Crippen MR) is 73.7 cm³/mol. The summed E-state index contributed by atoms with van der Waals surface area (Å²) in [5.74, 6) is 0.494. The van der Waals surface area contributed by atoms with E-state index >= 15 is 0 Å². The van der Waals surface area contributed by atoms with Crippen LogP contribution in [0.5, 0.6) is 11.5 Å². The molecule has 0 saturated carbocycles. The molecule has 0 saturated heterocycles. The van der Waals surface area contributed by atoms with Crippen LogP contribution in [0.4, 0.5) is 4.39 Å². The first-order valence-electron chi connectivity index (χ1n) is 5.87. The number of pyridine rings is 1. The predicted octanol–water partition coefficient (Wildman–Crippen LogP) is 4.22. The van der Waals surface area contributed by atoms with E-state index in [4.69, 9.17) is 4.74 Å². The number of hydrogen-bond donors (Lipinski definition) is 1. The summed E-state index contributed by atoms with van der Waals surface area (Å²) in [7, 11) is 0. The second kappa shape index (κ2) is 6.12. The van der Waals surface area contributed by atoms with Crippen LogP contribution in [0.25, 0.3) is 0 Å². The van der Waals surface area contributed by atoms with Crippen LogP contribution in [0, 0.1) is 5.82 Å². The fraction of sp³-hybridized carbons (Fsp3) is 0.214. The molecule has 0 fully saturated rings. The van der Waals surface area contributed by atoms with E-state index in [2.05, 4.69) is 20.9 Å². The summed E-state index contributed by atoms with van der Waals surface area (Å²) in [6.45, 7) is 1.88. The van der Waals surface area contributed by atoms with E-state index in [1.54, 1.807) is 18.2 Å². The van der Waals surface area contributed by atoms with E-state index in [-0.39, 0.29) is 5.82 Å². The van der Waals surface area contributed by atoms with E-state index in [0.717, 1.165) is 0 Å². The fourth-order valence-electron chi connectivity index (χ4n) is 1.54. The standard InChI is InChI=1S/C14H13BrFNO2/c1-2-13(18)12-6-4-10(8-17-12)19-14-7-9(16)3-5-11(14)15/h3-8,13,18H,2H2,1H3/t13-/m0/s1. The molecule has 0 spiro atoms. The first kappa shape index (κ1) is 14.0. The number of nitrogens with zero attached hydrogens (tertiary/aromatic N) is 1. The Morgan fingerprint density at radius 2 is 2.16 bits per heavy atom. The molecule has 0 aliphatic heterocycles. The van der Waals surface area contributed by atoms with Crippen LogP contribution in [-0.4, -0.2) is 10.1 Å². The molecule has 0 radical (unpaired) electrons. The molecule has 1 heterocycles. The van der Waals surface area contributed by atoms with Crippen LogP contribution in [-0.2, 0) is 0 Å². The topological polar surface area (TPSA) is 42.4 Å². The largest absolute Gasteiger partial charge is 0.454 e. The Bertz CT molecular complexity index is 560. The van der Waals surface area contributed by atoms with Crippen LogP contribution < -0.4 is 4.74 Å². The van der Waals surface area contributed by atoms with Gasteiger partial charge in [0.15, 0.2) is 0 Å². The lowest BCUT2D eigenvalue weighted by Crippen LogP contribution is -1.98. The molecule has 0 unspecified atom stereocenters. The average molecular weight is 326 g/mol. The van der Waals surface area contributed by atoms with Gasteiger partial charge in [0, 0.05) is 6.07 Å². The number of ether oxygens (including phenoxy) is 1. The molecule has 5 heteroatoms. The van der Waals surface area contributed by atoms with Gasteiger partial charge in [0.1, 0.15) is 17.3 Å². The van der Waals surface area contributed by atoms with Gasteiger partial charge in [-0.25, -0.2) is 4.39 Å². The molecule has 1 aromatic carbocycles. The summed E-state index contributed by atoms with van der Waals surface area (Å²) in [6.07, 6.45) is 1.53. The highest BCUT2D eigenvalue weighted by molar-refractivity contribution is 9.10. The zero-order valence-corrected chi connectivity index (χ0v) is 11.9. The van der Waals surface area contributed by atoms with Crippen LogP contribution in [0.1, 0.15) is 25.1 Å². The maximum absolute atomic E-state index is 13.1. The van der Waals surface area contributed by atoms with Crippen molar-refractivity contribution in [3.8, 4) is 11.5 Å². The van der Waals surface area contributed by atoms with Crippen LogP contribution in [0.15, 0.2) is 41.0 Å². The summed E-state index contributed by atoms with van der Waals surface area (Å²) in [5, 5.41) is 9.63. The quantitative estimate of drug-likeness (QED) is 0.915. The van der Waals surface area contributed by atoms with Crippen molar-refractivity contribution in [3.05, 3.63) is 52.5 Å². The molecule has 0 bridgehead atoms. The van der Waals surface area contributed by atoms with Gasteiger partial charge in [-0.1, -0.05) is 6.92 Å². The van der Waals surface area contributed by atoms with Crippen LogP contribution in [0.2, 0.25) is 0 Å². The third kappa shape index (κ3) is 3.52. The van der Waals surface area contributed by atoms with Gasteiger partial charge in [0.25, 0.3) is 0 Å². The molecule has 3 nitrogen and oxygen atoms in total. The molecule has 0 aliphatic rings. The van der Waals surface area contributed by atoms with Gasteiger partial charge in [0.2, 0.25) is 0 Å². The number of halogens is 2. The molecule has 1 aromatic heterocycles. The van der Waals surface area contributed by atoms with Gasteiger partial charge >= 0.3 is 0 Å². The van der Waals surface area contributed by atoms with Crippen molar-refractivity contribution >= 4 is 15.9 Å². The highest BCUT2D eigenvalue weighted by Crippen LogP contribution is 2.30. The maximum atomic E-state index is 13.1. The van der Waals surface area contributed by atoms with Crippen molar-refractivity contribution < 1.29 is 14.2 Å². The minimum atomic E-state index is -0.574. The van der Waals surface area contributed by atoms with Gasteiger partial charge < -0.3 is 9.84 Å². The Morgan fingerprint density at radius 1 is 1.37 bits per heavy atom. The normalized spacial score (nSPS) is 12.2. The monoisotopic (exact) mass is 325 g/mol. The van der Waals surface area contributed by atoms with Crippen molar-refractivity contribution in [1.82, 2.24) is 4.98 Å². The molecule has 2 aromatic rings. The molecule has 100 valence electrons. The van der Waals surface area contributed by atoms with Crippen molar-refractivity contribution in [2.75, 3.05) is 0 Å². The van der Waals surface area contributed by atoms with Crippen molar-refractivity contribution in [3.63, 3.8) is 0 Å². The number of aromatic nitrogens is 1. The molecular formula is C14H13BrFNO2. The van der Waals surface area contributed by atoms with Crippen LogP contribution >= 0.6 is 15.9 Å². The first-order chi connectivity index (χ1) is 9.10. The Kier molecular flexibility index (Phi) is 4.50. The number of aliphatic hydroxyl groups is 1. The Hall–Kier alpha value is -1.46. The summed E-state index contributed by atoms with van der Waals surface area (Å²) < 4.78 is 19.3. The van der Waals surface area contributed by atoms with Gasteiger partial charge in [-0.15, -0.1) is 0 Å². The smallest absolute Gasteiger partial charge is 0.145 e. The Labute approximate surface area is 119 Å². The lowest BCUT2D eigenvalue weighted by atomic mass is 10.2. The number of hydrogen-bond acceptors (Lipinski definition) is 3. The zero-order chi connectivity index (χ0) is 13.8. The average Bonchev–Trinajstić information content (AvgIpc) is 2.43. The molecule has 0 amide bonds.